The number of rotatable bonds is 3. The molecule has 23 heavy (non-hydrogen) atoms. The molecule has 0 fully saturated rings. The molecule has 0 saturated heterocycles. The Morgan fingerprint density at radius 2 is 1.78 bits per heavy atom. The SMILES string of the molecule is COc1cc2c3c(c(=O)oc2cc1OS(N)(=O)=O)CCCCC3. The maximum Gasteiger partial charge on any atom is 0.380 e. The van der Waals surface area contributed by atoms with Gasteiger partial charge in [0.25, 0.3) is 0 Å². The highest BCUT2D eigenvalue weighted by molar-refractivity contribution is 7.84. The average Bonchev–Trinajstić information content (AvgIpc) is 2.71. The van der Waals surface area contributed by atoms with Crippen LogP contribution in [0.3, 0.4) is 0 Å². The molecule has 0 radical (unpaired) electrons. The first kappa shape index (κ1) is 15.8. The van der Waals surface area contributed by atoms with E-state index >= 15 is 0 Å². The standard InChI is InChI=1S/C15H17NO6S/c1-20-13-7-11-9-5-3-2-4-6-10(9)15(17)21-12(11)8-14(13)22-23(16,18)19/h7-8H,2-6H2,1H3,(H2,16,18,19). The lowest BCUT2D eigenvalue weighted by Crippen LogP contribution is -2.19. The summed E-state index contributed by atoms with van der Waals surface area (Å²) in [6, 6.07) is 2.95. The normalized spacial score (nSPS) is 15.0. The van der Waals surface area contributed by atoms with Gasteiger partial charge in [-0.1, -0.05) is 6.42 Å². The van der Waals surface area contributed by atoms with Crippen LogP contribution in [0, 0.1) is 0 Å². The van der Waals surface area contributed by atoms with E-state index in [1.54, 1.807) is 6.07 Å². The van der Waals surface area contributed by atoms with Crippen LogP contribution in [0.2, 0.25) is 0 Å². The summed E-state index contributed by atoms with van der Waals surface area (Å²) in [6.07, 6.45) is 4.46. The molecule has 2 N–H and O–H groups in total. The predicted octanol–water partition coefficient (Wildman–Crippen LogP) is 1.65. The molecule has 0 aliphatic heterocycles. The number of aryl methyl sites for hydroxylation is 1. The van der Waals surface area contributed by atoms with Crippen molar-refractivity contribution in [2.45, 2.75) is 32.1 Å². The topological polar surface area (TPSA) is 109 Å². The second-order valence-electron chi connectivity index (χ2n) is 5.48. The molecule has 0 amide bonds. The van der Waals surface area contributed by atoms with E-state index in [1.807, 2.05) is 0 Å². The Balaban J connectivity index is 2.27. The zero-order valence-corrected chi connectivity index (χ0v) is 13.4. The molecule has 1 aromatic heterocycles. The van der Waals surface area contributed by atoms with Crippen LogP contribution in [-0.2, 0) is 23.1 Å². The van der Waals surface area contributed by atoms with Crippen molar-refractivity contribution in [2.75, 3.05) is 7.11 Å². The molecule has 7 nitrogen and oxygen atoms in total. The summed E-state index contributed by atoms with van der Waals surface area (Å²) < 4.78 is 37.5. The highest BCUT2D eigenvalue weighted by Gasteiger charge is 2.20. The molecule has 2 aromatic rings. The van der Waals surface area contributed by atoms with Crippen molar-refractivity contribution in [3.8, 4) is 11.5 Å². The highest BCUT2D eigenvalue weighted by Crippen LogP contribution is 2.36. The fraction of sp³-hybridized carbons (Fsp3) is 0.400. The molecule has 8 heteroatoms. The van der Waals surface area contributed by atoms with Gasteiger partial charge in [-0.3, -0.25) is 0 Å². The molecule has 1 aromatic carbocycles. The monoisotopic (exact) mass is 339 g/mol. The maximum absolute atomic E-state index is 12.2. The van der Waals surface area contributed by atoms with Crippen molar-refractivity contribution in [1.29, 1.82) is 0 Å². The van der Waals surface area contributed by atoms with Gasteiger partial charge in [0, 0.05) is 17.0 Å². The van der Waals surface area contributed by atoms with Crippen molar-refractivity contribution < 1.29 is 21.8 Å². The number of ether oxygens (including phenoxy) is 1. The lowest BCUT2D eigenvalue weighted by atomic mass is 10.0. The Bertz CT molecular complexity index is 916. The number of hydrogen-bond donors (Lipinski definition) is 1. The van der Waals surface area contributed by atoms with Gasteiger partial charge in [0.15, 0.2) is 11.5 Å². The van der Waals surface area contributed by atoms with Crippen LogP contribution in [0.25, 0.3) is 11.0 Å². The molecular weight excluding hydrogens is 322 g/mol. The van der Waals surface area contributed by atoms with E-state index in [-0.39, 0.29) is 22.7 Å². The van der Waals surface area contributed by atoms with Crippen molar-refractivity contribution in [3.05, 3.63) is 33.7 Å². The average molecular weight is 339 g/mol. The minimum Gasteiger partial charge on any atom is -0.493 e. The van der Waals surface area contributed by atoms with Gasteiger partial charge in [0.2, 0.25) is 0 Å². The summed E-state index contributed by atoms with van der Waals surface area (Å²) in [7, 11) is -2.81. The van der Waals surface area contributed by atoms with Crippen molar-refractivity contribution in [1.82, 2.24) is 0 Å². The smallest absolute Gasteiger partial charge is 0.380 e. The third kappa shape index (κ3) is 3.18. The van der Waals surface area contributed by atoms with Gasteiger partial charge in [-0.15, -0.1) is 0 Å². The number of nitrogens with two attached hydrogens (primary N) is 1. The van der Waals surface area contributed by atoms with Gasteiger partial charge >= 0.3 is 15.9 Å². The fourth-order valence-electron chi connectivity index (χ4n) is 2.98. The van der Waals surface area contributed by atoms with E-state index in [2.05, 4.69) is 0 Å². The molecule has 0 saturated carbocycles. The zero-order chi connectivity index (χ0) is 16.6. The first-order valence-corrected chi connectivity index (χ1v) is 8.75. The molecule has 0 spiro atoms. The van der Waals surface area contributed by atoms with E-state index in [0.717, 1.165) is 36.6 Å². The van der Waals surface area contributed by atoms with E-state index < -0.39 is 10.3 Å². The van der Waals surface area contributed by atoms with Crippen molar-refractivity contribution >= 4 is 21.3 Å². The lowest BCUT2D eigenvalue weighted by Gasteiger charge is -2.12. The Morgan fingerprint density at radius 1 is 1.09 bits per heavy atom. The molecule has 3 rings (SSSR count). The zero-order valence-electron chi connectivity index (χ0n) is 12.6. The summed E-state index contributed by atoms with van der Waals surface area (Å²) in [5.41, 5.74) is 1.50. The van der Waals surface area contributed by atoms with E-state index in [9.17, 15) is 13.2 Å². The number of fused-ring (bicyclic) bond motifs is 3. The maximum atomic E-state index is 12.2. The molecule has 124 valence electrons. The summed E-state index contributed by atoms with van der Waals surface area (Å²) in [4.78, 5) is 12.2. The van der Waals surface area contributed by atoms with Gasteiger partial charge in [-0.2, -0.15) is 13.6 Å². The third-order valence-electron chi connectivity index (χ3n) is 3.96. The summed E-state index contributed by atoms with van der Waals surface area (Å²) in [5.74, 6) is 0.103. The first-order valence-electron chi connectivity index (χ1n) is 7.28. The minimum absolute atomic E-state index is 0.112. The van der Waals surface area contributed by atoms with Crippen LogP contribution < -0.4 is 19.7 Å². The summed E-state index contributed by atoms with van der Waals surface area (Å²) in [5, 5.41) is 5.63. The molecule has 0 bridgehead atoms. The molecule has 0 unspecified atom stereocenters. The van der Waals surface area contributed by atoms with Crippen LogP contribution >= 0.6 is 0 Å². The molecule has 1 aliphatic rings. The first-order chi connectivity index (χ1) is 10.9. The van der Waals surface area contributed by atoms with Crippen LogP contribution in [0.1, 0.15) is 30.4 Å². The quantitative estimate of drug-likeness (QED) is 0.673. The van der Waals surface area contributed by atoms with Crippen LogP contribution in [0.4, 0.5) is 0 Å². The Kier molecular flexibility index (Phi) is 4.03. The molecule has 1 aliphatic carbocycles. The van der Waals surface area contributed by atoms with E-state index in [0.29, 0.717) is 12.0 Å². The summed E-state index contributed by atoms with van der Waals surface area (Å²) in [6.45, 7) is 0. The second-order valence-corrected chi connectivity index (χ2v) is 6.63. The Labute approximate surface area is 133 Å². The predicted molar refractivity (Wildman–Crippen MR) is 84.0 cm³/mol. The largest absolute Gasteiger partial charge is 0.493 e. The second kappa shape index (κ2) is 5.86. The third-order valence-corrected chi connectivity index (χ3v) is 4.38. The van der Waals surface area contributed by atoms with Gasteiger partial charge in [0.05, 0.1) is 7.11 Å². The van der Waals surface area contributed by atoms with Gasteiger partial charge in [0.1, 0.15) is 5.58 Å². The van der Waals surface area contributed by atoms with Crippen molar-refractivity contribution in [2.24, 2.45) is 5.14 Å². The van der Waals surface area contributed by atoms with Gasteiger partial charge in [-0.25, -0.2) is 4.79 Å². The van der Waals surface area contributed by atoms with Crippen LogP contribution in [0.15, 0.2) is 21.3 Å². The van der Waals surface area contributed by atoms with Crippen LogP contribution in [0.5, 0.6) is 11.5 Å². The van der Waals surface area contributed by atoms with Crippen LogP contribution in [-0.4, -0.2) is 15.5 Å². The van der Waals surface area contributed by atoms with Gasteiger partial charge in [-0.05, 0) is 37.3 Å². The van der Waals surface area contributed by atoms with E-state index in [4.69, 9.17) is 18.5 Å². The summed E-state index contributed by atoms with van der Waals surface area (Å²) >= 11 is 0. The minimum atomic E-state index is -4.21. The van der Waals surface area contributed by atoms with Gasteiger partial charge < -0.3 is 13.3 Å². The molecular formula is C15H17NO6S. The van der Waals surface area contributed by atoms with Crippen molar-refractivity contribution in [3.63, 3.8) is 0 Å². The number of benzene rings is 1. The molecule has 0 atom stereocenters. The Hall–Kier alpha value is -2.06. The van der Waals surface area contributed by atoms with E-state index in [1.165, 1.54) is 13.2 Å². The lowest BCUT2D eigenvalue weighted by molar-refractivity contribution is 0.391. The fourth-order valence-corrected chi connectivity index (χ4v) is 3.36. The number of methoxy groups -OCH3 is 1. The number of hydrogen-bond acceptors (Lipinski definition) is 6. The Morgan fingerprint density at radius 3 is 2.43 bits per heavy atom. The molecule has 1 heterocycles. The highest BCUT2D eigenvalue weighted by atomic mass is 32.2.